The van der Waals surface area contributed by atoms with Gasteiger partial charge in [-0.25, -0.2) is 5.06 Å². The van der Waals surface area contributed by atoms with Crippen LogP contribution in [0.1, 0.15) is 23.2 Å². The maximum atomic E-state index is 11.9. The van der Waals surface area contributed by atoms with Crippen LogP contribution in [0.15, 0.2) is 18.2 Å². The van der Waals surface area contributed by atoms with Gasteiger partial charge in [0.2, 0.25) is 0 Å². The second-order valence-electron chi connectivity index (χ2n) is 4.64. The molecule has 0 aliphatic carbocycles. The fraction of sp³-hybridized carbons (Fsp3) is 0.462. The fourth-order valence-corrected chi connectivity index (χ4v) is 2.29. The van der Waals surface area contributed by atoms with Gasteiger partial charge in [0.05, 0.1) is 12.0 Å². The van der Waals surface area contributed by atoms with E-state index in [1.165, 1.54) is 20.2 Å². The van der Waals surface area contributed by atoms with Crippen LogP contribution in [0, 0.1) is 10.1 Å². The number of nitrogens with zero attached hydrogens (tertiary/aromatic N) is 3. The average Bonchev–Trinajstić information content (AvgIpc) is 2.99. The highest BCUT2D eigenvalue weighted by Crippen LogP contribution is 2.31. The minimum atomic E-state index is -0.447. The number of nitro groups is 1. The van der Waals surface area contributed by atoms with Gasteiger partial charge in [0.15, 0.2) is 0 Å². The lowest BCUT2D eigenvalue weighted by Crippen LogP contribution is -2.26. The summed E-state index contributed by atoms with van der Waals surface area (Å²) >= 11 is 0. The van der Waals surface area contributed by atoms with Crippen molar-refractivity contribution in [1.29, 1.82) is 0 Å². The number of carbonyl (C=O) groups excluding carboxylic acids is 1. The van der Waals surface area contributed by atoms with Crippen molar-refractivity contribution in [3.05, 3.63) is 33.9 Å². The Morgan fingerprint density at radius 1 is 1.40 bits per heavy atom. The Labute approximate surface area is 116 Å². The second-order valence-corrected chi connectivity index (χ2v) is 4.64. The number of hydroxylamine groups is 2. The van der Waals surface area contributed by atoms with Crippen LogP contribution < -0.4 is 4.90 Å². The molecule has 1 aliphatic heterocycles. The van der Waals surface area contributed by atoms with Crippen molar-refractivity contribution in [3.63, 3.8) is 0 Å². The van der Waals surface area contributed by atoms with E-state index >= 15 is 0 Å². The highest BCUT2D eigenvalue weighted by molar-refractivity contribution is 5.95. The first-order chi connectivity index (χ1) is 9.54. The van der Waals surface area contributed by atoms with E-state index < -0.39 is 10.8 Å². The van der Waals surface area contributed by atoms with Gasteiger partial charge in [-0.05, 0) is 25.0 Å². The molecule has 0 N–H and O–H groups in total. The molecule has 1 aliphatic rings. The molecule has 0 saturated carbocycles. The van der Waals surface area contributed by atoms with Crippen LogP contribution in [0.4, 0.5) is 11.4 Å². The van der Waals surface area contributed by atoms with E-state index in [4.69, 9.17) is 4.84 Å². The molecule has 1 fully saturated rings. The predicted molar refractivity (Wildman–Crippen MR) is 73.6 cm³/mol. The van der Waals surface area contributed by atoms with Crippen molar-refractivity contribution in [3.8, 4) is 0 Å². The Morgan fingerprint density at radius 2 is 2.05 bits per heavy atom. The molecule has 0 radical (unpaired) electrons. The predicted octanol–water partition coefficient (Wildman–Crippen LogP) is 1.83. The van der Waals surface area contributed by atoms with Gasteiger partial charge in [0.25, 0.3) is 11.6 Å². The Bertz CT molecular complexity index is 526. The van der Waals surface area contributed by atoms with Crippen molar-refractivity contribution >= 4 is 17.3 Å². The number of hydrogen-bond donors (Lipinski definition) is 0. The molecule has 7 heteroatoms. The molecule has 1 aromatic rings. The van der Waals surface area contributed by atoms with Gasteiger partial charge in [-0.1, -0.05) is 0 Å². The summed E-state index contributed by atoms with van der Waals surface area (Å²) in [7, 11) is 2.83. The molecule has 108 valence electrons. The topological polar surface area (TPSA) is 75.9 Å². The molecule has 20 heavy (non-hydrogen) atoms. The lowest BCUT2D eigenvalue weighted by atomic mass is 10.1. The number of amides is 1. The third kappa shape index (κ3) is 2.72. The van der Waals surface area contributed by atoms with Gasteiger partial charge in [-0.15, -0.1) is 0 Å². The summed E-state index contributed by atoms with van der Waals surface area (Å²) in [6, 6.07) is 4.55. The maximum Gasteiger partial charge on any atom is 0.293 e. The molecule has 1 aromatic carbocycles. The number of nitro benzene ring substituents is 1. The molecule has 1 amide bonds. The normalized spacial score (nSPS) is 14.4. The summed E-state index contributed by atoms with van der Waals surface area (Å²) in [6.45, 7) is 1.62. The molecule has 0 aromatic heterocycles. The molecule has 2 rings (SSSR count). The maximum absolute atomic E-state index is 11.9. The molecule has 0 spiro atoms. The molecule has 1 heterocycles. The Kier molecular flexibility index (Phi) is 4.19. The minimum absolute atomic E-state index is 0.0396. The molecular weight excluding hydrogens is 262 g/mol. The molecule has 0 atom stereocenters. The third-order valence-corrected chi connectivity index (χ3v) is 3.43. The van der Waals surface area contributed by atoms with E-state index in [-0.39, 0.29) is 11.3 Å². The van der Waals surface area contributed by atoms with Crippen molar-refractivity contribution in [2.24, 2.45) is 0 Å². The smallest absolute Gasteiger partial charge is 0.293 e. The SMILES string of the molecule is CON(C)C(=O)c1ccc(N2CCCC2)c([N+](=O)[O-])c1. The molecular formula is C13H17N3O4. The standard InChI is InChI=1S/C13H17N3O4/c1-14(20-2)13(17)10-5-6-11(12(9-10)16(18)19)15-7-3-4-8-15/h5-6,9H,3-4,7-8H2,1-2H3. The van der Waals surface area contributed by atoms with Crippen LogP contribution in [0.5, 0.6) is 0 Å². The largest absolute Gasteiger partial charge is 0.366 e. The van der Waals surface area contributed by atoms with Crippen molar-refractivity contribution in [2.45, 2.75) is 12.8 Å². The van der Waals surface area contributed by atoms with Crippen molar-refractivity contribution in [2.75, 3.05) is 32.1 Å². The first kappa shape index (κ1) is 14.3. The van der Waals surface area contributed by atoms with E-state index in [1.54, 1.807) is 12.1 Å². The van der Waals surface area contributed by atoms with Gasteiger partial charge >= 0.3 is 0 Å². The number of hydrogen-bond acceptors (Lipinski definition) is 5. The summed E-state index contributed by atoms with van der Waals surface area (Å²) in [6.07, 6.45) is 2.06. The van der Waals surface area contributed by atoms with Crippen molar-refractivity contribution in [1.82, 2.24) is 5.06 Å². The molecule has 1 saturated heterocycles. The summed E-state index contributed by atoms with van der Waals surface area (Å²) in [4.78, 5) is 29.5. The van der Waals surface area contributed by atoms with Gasteiger partial charge in [-0.3, -0.25) is 19.7 Å². The lowest BCUT2D eigenvalue weighted by Gasteiger charge is -2.18. The summed E-state index contributed by atoms with van der Waals surface area (Å²) in [5.74, 6) is -0.413. The number of rotatable bonds is 4. The second kappa shape index (κ2) is 5.87. The van der Waals surface area contributed by atoms with Crippen LogP contribution in [0.2, 0.25) is 0 Å². The van der Waals surface area contributed by atoms with Crippen LogP contribution in [0.25, 0.3) is 0 Å². The molecule has 0 unspecified atom stereocenters. The van der Waals surface area contributed by atoms with E-state index in [1.807, 2.05) is 4.90 Å². The van der Waals surface area contributed by atoms with E-state index in [0.29, 0.717) is 5.69 Å². The Morgan fingerprint density at radius 3 is 2.60 bits per heavy atom. The Hall–Kier alpha value is -2.15. The zero-order valence-corrected chi connectivity index (χ0v) is 11.5. The zero-order valence-electron chi connectivity index (χ0n) is 11.5. The van der Waals surface area contributed by atoms with Crippen LogP contribution in [-0.2, 0) is 4.84 Å². The zero-order chi connectivity index (χ0) is 14.7. The third-order valence-electron chi connectivity index (χ3n) is 3.43. The van der Waals surface area contributed by atoms with E-state index in [9.17, 15) is 14.9 Å². The van der Waals surface area contributed by atoms with E-state index in [2.05, 4.69) is 0 Å². The summed E-state index contributed by atoms with van der Waals surface area (Å²) in [5.41, 5.74) is 0.773. The fourth-order valence-electron chi connectivity index (χ4n) is 2.29. The van der Waals surface area contributed by atoms with Crippen LogP contribution in [-0.4, -0.2) is 43.1 Å². The lowest BCUT2D eigenvalue weighted by molar-refractivity contribution is -0.384. The Balaban J connectivity index is 2.37. The first-order valence-electron chi connectivity index (χ1n) is 6.40. The molecule has 7 nitrogen and oxygen atoms in total. The first-order valence-corrected chi connectivity index (χ1v) is 6.40. The van der Waals surface area contributed by atoms with E-state index in [0.717, 1.165) is 31.0 Å². The number of anilines is 1. The number of benzene rings is 1. The van der Waals surface area contributed by atoms with Gasteiger partial charge in [0, 0.05) is 31.8 Å². The van der Waals surface area contributed by atoms with Gasteiger partial charge in [-0.2, -0.15) is 0 Å². The highest BCUT2D eigenvalue weighted by Gasteiger charge is 2.24. The molecule has 0 bridgehead atoms. The summed E-state index contributed by atoms with van der Waals surface area (Å²) in [5, 5.41) is 12.3. The van der Waals surface area contributed by atoms with Crippen molar-refractivity contribution < 1.29 is 14.6 Å². The monoisotopic (exact) mass is 279 g/mol. The van der Waals surface area contributed by atoms with Crippen LogP contribution >= 0.6 is 0 Å². The quantitative estimate of drug-likeness (QED) is 0.620. The number of carbonyl (C=O) groups is 1. The van der Waals surface area contributed by atoms with Crippen LogP contribution in [0.3, 0.4) is 0 Å². The average molecular weight is 279 g/mol. The summed E-state index contributed by atoms with van der Waals surface area (Å²) < 4.78 is 0. The van der Waals surface area contributed by atoms with Gasteiger partial charge < -0.3 is 4.90 Å². The van der Waals surface area contributed by atoms with Gasteiger partial charge in [0.1, 0.15) is 5.69 Å². The minimum Gasteiger partial charge on any atom is -0.366 e. The highest BCUT2D eigenvalue weighted by atomic mass is 16.7.